The van der Waals surface area contributed by atoms with Gasteiger partial charge in [0.2, 0.25) is 0 Å². The molecule has 0 heterocycles. The zero-order valence-corrected chi connectivity index (χ0v) is 11.8. The smallest absolute Gasteiger partial charge is 0.119 e. The highest BCUT2D eigenvalue weighted by Gasteiger charge is 1.97. The van der Waals surface area contributed by atoms with Crippen molar-refractivity contribution in [1.82, 2.24) is 0 Å². The number of rotatable bonds is 10. The van der Waals surface area contributed by atoms with E-state index in [1.54, 1.807) is 0 Å². The molecule has 0 fully saturated rings. The maximum atomic E-state index is 5.75. The minimum absolute atomic E-state index is 0.814. The first-order valence-corrected chi connectivity index (χ1v) is 7.37. The van der Waals surface area contributed by atoms with Crippen LogP contribution in [0.5, 0.6) is 5.75 Å². The van der Waals surface area contributed by atoms with Gasteiger partial charge in [-0.3, -0.25) is 0 Å². The van der Waals surface area contributed by atoms with Crippen molar-refractivity contribution >= 4 is 0 Å². The Labute approximate surface area is 113 Å². The van der Waals surface area contributed by atoms with Crippen molar-refractivity contribution in [3.63, 3.8) is 0 Å². The first kappa shape index (κ1) is 15.1. The summed E-state index contributed by atoms with van der Waals surface area (Å²) in [4.78, 5) is 0. The minimum Gasteiger partial charge on any atom is -0.494 e. The van der Waals surface area contributed by atoms with E-state index in [-0.39, 0.29) is 0 Å². The van der Waals surface area contributed by atoms with E-state index < -0.39 is 0 Å². The zero-order chi connectivity index (χ0) is 13.1. The summed E-state index contributed by atoms with van der Waals surface area (Å²) in [7, 11) is 0. The third-order valence-electron chi connectivity index (χ3n) is 3.13. The molecule has 0 aromatic heterocycles. The lowest BCUT2D eigenvalue weighted by molar-refractivity contribution is 0.307. The molecule has 1 aromatic rings. The van der Waals surface area contributed by atoms with E-state index in [2.05, 4.69) is 38.1 Å². The second kappa shape index (κ2) is 9.99. The molecule has 0 aliphatic carbocycles. The van der Waals surface area contributed by atoms with E-state index in [4.69, 9.17) is 4.74 Å². The third kappa shape index (κ3) is 6.68. The van der Waals surface area contributed by atoms with Gasteiger partial charge in [0.25, 0.3) is 0 Å². The Hall–Kier alpha value is -0.980. The molecule has 0 unspecified atom stereocenters. The second-order valence-electron chi connectivity index (χ2n) is 4.87. The molecule has 1 heteroatoms. The lowest BCUT2D eigenvalue weighted by Gasteiger charge is -2.07. The van der Waals surface area contributed by atoms with Crippen LogP contribution in [0.3, 0.4) is 0 Å². The largest absolute Gasteiger partial charge is 0.494 e. The molecule has 1 nitrogen and oxygen atoms in total. The Kier molecular flexibility index (Phi) is 8.37. The van der Waals surface area contributed by atoms with Gasteiger partial charge in [-0.2, -0.15) is 0 Å². The van der Waals surface area contributed by atoms with Crippen molar-refractivity contribution in [3.8, 4) is 5.75 Å². The monoisotopic (exact) mass is 247 g/mol. The predicted molar refractivity (Wildman–Crippen MR) is 79.0 cm³/mol. The van der Waals surface area contributed by atoms with Crippen LogP contribution in [-0.4, -0.2) is 6.61 Å². The lowest BCUT2D eigenvalue weighted by atomic mass is 10.1. The number of benzene rings is 1. The molecule has 0 N–H and O–H groups in total. The average Bonchev–Trinajstić information content (AvgIpc) is 2.40. The molecule has 0 aliphatic heterocycles. The highest BCUT2D eigenvalue weighted by molar-refractivity contribution is 5.28. The van der Waals surface area contributed by atoms with Crippen molar-refractivity contribution in [1.29, 1.82) is 0 Å². The van der Waals surface area contributed by atoms with E-state index in [0.717, 1.165) is 31.6 Å². The molecule has 0 amide bonds. The molecule has 18 heavy (non-hydrogen) atoms. The van der Waals surface area contributed by atoms with Crippen LogP contribution in [0.2, 0.25) is 0 Å². The topological polar surface area (TPSA) is 9.23 Å². The van der Waals surface area contributed by atoms with Crippen molar-refractivity contribution in [2.75, 3.05) is 6.61 Å². The Morgan fingerprint density at radius 2 is 1.94 bits per heavy atom. The number of hydrogen-bond acceptors (Lipinski definition) is 1. The number of ether oxygens (including phenoxy) is 1. The molecular weight excluding hydrogens is 220 g/mol. The van der Waals surface area contributed by atoms with Gasteiger partial charge in [0.1, 0.15) is 5.75 Å². The van der Waals surface area contributed by atoms with Crippen LogP contribution in [0, 0.1) is 6.92 Å². The van der Waals surface area contributed by atoms with Crippen LogP contribution in [0.1, 0.15) is 57.4 Å². The summed E-state index contributed by atoms with van der Waals surface area (Å²) in [5.74, 6) is 1.02. The Morgan fingerprint density at radius 3 is 2.72 bits per heavy atom. The van der Waals surface area contributed by atoms with Crippen LogP contribution < -0.4 is 4.74 Å². The van der Waals surface area contributed by atoms with Gasteiger partial charge >= 0.3 is 0 Å². The van der Waals surface area contributed by atoms with Crippen LogP contribution in [0.4, 0.5) is 0 Å². The number of unbranched alkanes of at least 4 members (excludes halogenated alkanes) is 5. The van der Waals surface area contributed by atoms with E-state index in [1.165, 1.54) is 37.7 Å². The summed E-state index contributed by atoms with van der Waals surface area (Å²) in [5.41, 5.74) is 1.40. The summed E-state index contributed by atoms with van der Waals surface area (Å²) in [6, 6.07) is 8.55. The summed E-state index contributed by atoms with van der Waals surface area (Å²) in [6.07, 6.45) is 9.71. The van der Waals surface area contributed by atoms with Crippen LogP contribution in [0.25, 0.3) is 0 Å². The van der Waals surface area contributed by atoms with Crippen LogP contribution in [0.15, 0.2) is 24.3 Å². The summed E-state index contributed by atoms with van der Waals surface area (Å²) < 4.78 is 5.75. The molecule has 0 aliphatic rings. The Morgan fingerprint density at radius 1 is 1.06 bits per heavy atom. The van der Waals surface area contributed by atoms with E-state index in [0.29, 0.717) is 0 Å². The van der Waals surface area contributed by atoms with Gasteiger partial charge in [-0.05, 0) is 37.0 Å². The average molecular weight is 247 g/mol. The van der Waals surface area contributed by atoms with Crippen LogP contribution in [-0.2, 0) is 6.42 Å². The minimum atomic E-state index is 0.814. The normalized spacial score (nSPS) is 10.6. The molecule has 101 valence electrons. The Bertz CT molecular complexity index is 279. The summed E-state index contributed by atoms with van der Waals surface area (Å²) in [6.45, 7) is 6.90. The fraction of sp³-hybridized carbons (Fsp3) is 0.588. The van der Waals surface area contributed by atoms with Gasteiger partial charge in [-0.15, -0.1) is 0 Å². The lowest BCUT2D eigenvalue weighted by Crippen LogP contribution is -1.97. The number of aryl methyl sites for hydroxylation is 1. The fourth-order valence-electron chi connectivity index (χ4n) is 2.02. The van der Waals surface area contributed by atoms with Crippen molar-refractivity contribution in [3.05, 3.63) is 36.8 Å². The third-order valence-corrected chi connectivity index (χ3v) is 3.13. The molecule has 0 spiro atoms. The zero-order valence-electron chi connectivity index (χ0n) is 11.8. The first-order valence-electron chi connectivity index (χ1n) is 7.37. The summed E-state index contributed by atoms with van der Waals surface area (Å²) in [5, 5.41) is 0. The summed E-state index contributed by atoms with van der Waals surface area (Å²) >= 11 is 0. The molecule has 1 aromatic carbocycles. The Balaban J connectivity index is 2.27. The molecule has 1 radical (unpaired) electrons. The van der Waals surface area contributed by atoms with Gasteiger partial charge in [-0.25, -0.2) is 0 Å². The highest BCUT2D eigenvalue weighted by atomic mass is 16.5. The molecular formula is C17H27O. The second-order valence-corrected chi connectivity index (χ2v) is 4.87. The predicted octanol–water partition coefficient (Wildman–Crippen LogP) is 5.19. The van der Waals surface area contributed by atoms with E-state index in [9.17, 15) is 0 Å². The molecule has 0 saturated heterocycles. The van der Waals surface area contributed by atoms with Gasteiger partial charge < -0.3 is 4.74 Å². The van der Waals surface area contributed by atoms with Gasteiger partial charge in [0.15, 0.2) is 0 Å². The standard InChI is InChI=1S/C17H27O/c1-3-5-7-8-11-16-12-10-13-17(15-16)18-14-9-6-4-2/h10,12-13,15H,2-9,11,14H2,1H3. The van der Waals surface area contributed by atoms with Gasteiger partial charge in [0, 0.05) is 0 Å². The van der Waals surface area contributed by atoms with Crippen LogP contribution >= 0.6 is 0 Å². The number of hydrogen-bond donors (Lipinski definition) is 0. The highest BCUT2D eigenvalue weighted by Crippen LogP contribution is 2.16. The van der Waals surface area contributed by atoms with E-state index >= 15 is 0 Å². The molecule has 1 rings (SSSR count). The fourth-order valence-corrected chi connectivity index (χ4v) is 2.02. The van der Waals surface area contributed by atoms with Gasteiger partial charge in [-0.1, -0.05) is 58.1 Å². The van der Waals surface area contributed by atoms with Gasteiger partial charge in [0.05, 0.1) is 6.61 Å². The molecule has 0 atom stereocenters. The van der Waals surface area contributed by atoms with Crippen molar-refractivity contribution < 1.29 is 4.74 Å². The first-order chi connectivity index (χ1) is 8.86. The van der Waals surface area contributed by atoms with Crippen molar-refractivity contribution in [2.24, 2.45) is 0 Å². The van der Waals surface area contributed by atoms with Crippen molar-refractivity contribution in [2.45, 2.75) is 58.3 Å². The van der Waals surface area contributed by atoms with E-state index in [1.807, 2.05) is 0 Å². The quantitative estimate of drug-likeness (QED) is 0.517. The maximum absolute atomic E-state index is 5.75. The SMILES string of the molecule is [CH2]CCCCOc1cccc(CCCCCC)c1. The maximum Gasteiger partial charge on any atom is 0.119 e. The molecule has 0 bridgehead atoms. The molecule has 0 saturated carbocycles.